The van der Waals surface area contributed by atoms with Gasteiger partial charge >= 0.3 is 23.1 Å². The molecule has 0 saturated heterocycles. The second kappa shape index (κ2) is 8.56. The van der Waals surface area contributed by atoms with Crippen molar-refractivity contribution >= 4 is 23.1 Å². The molecule has 0 atom stereocenters. The Hall–Kier alpha value is 0.466. The minimum atomic E-state index is 0. The maximum absolute atomic E-state index is 3.78. The van der Waals surface area contributed by atoms with Crippen LogP contribution in [0, 0.1) is 6.92 Å². The third-order valence-electron chi connectivity index (χ3n) is 1.31. The van der Waals surface area contributed by atoms with Crippen molar-refractivity contribution in [3.63, 3.8) is 0 Å². The van der Waals surface area contributed by atoms with Crippen molar-refractivity contribution in [3.8, 4) is 0 Å². The van der Waals surface area contributed by atoms with Gasteiger partial charge in [0, 0.05) is 0 Å². The van der Waals surface area contributed by atoms with E-state index in [9.17, 15) is 0 Å². The van der Waals surface area contributed by atoms with Gasteiger partial charge in [-0.25, -0.2) is 0 Å². The van der Waals surface area contributed by atoms with Crippen LogP contribution in [-0.4, -0.2) is 23.1 Å². The van der Waals surface area contributed by atoms with Crippen molar-refractivity contribution in [1.82, 2.24) is 0 Å². The molecule has 11 heavy (non-hydrogen) atoms. The molecule has 0 aliphatic heterocycles. The molecular weight excluding hydrogens is 212 g/mol. The molecule has 0 fully saturated rings. The average Bonchev–Trinajstić information content (AvgIpc) is 1.91. The van der Waals surface area contributed by atoms with Crippen LogP contribution in [0.15, 0.2) is 30.3 Å². The molecule has 0 aliphatic carbocycles. The fraction of sp³-hybridized carbons (Fsp3) is 0.222. The molecule has 0 saturated carbocycles. The SMILES string of the molecule is [Br-].[CH2-]CCc1ccccc1.[Mg+2]. The monoisotopic (exact) mass is 222 g/mol. The van der Waals surface area contributed by atoms with E-state index in [0.29, 0.717) is 0 Å². The first-order valence-corrected chi connectivity index (χ1v) is 3.26. The first-order valence-electron chi connectivity index (χ1n) is 3.26. The maximum Gasteiger partial charge on any atom is 2.00 e. The standard InChI is InChI=1S/C9H11.BrH.Mg/c1-2-6-9-7-4-3-5-8-9;;/h3-5,7-8H,1-2,6H2;1H;/q-1;;+2/p-1. The van der Waals surface area contributed by atoms with E-state index in [4.69, 9.17) is 0 Å². The number of hydrogen-bond donors (Lipinski definition) is 0. The van der Waals surface area contributed by atoms with E-state index in [-0.39, 0.29) is 40.0 Å². The van der Waals surface area contributed by atoms with Gasteiger partial charge in [0.25, 0.3) is 0 Å². The molecule has 0 aliphatic rings. The first-order chi connectivity index (χ1) is 4.43. The third kappa shape index (κ3) is 5.71. The summed E-state index contributed by atoms with van der Waals surface area (Å²) in [6, 6.07) is 10.4. The number of halogens is 1. The summed E-state index contributed by atoms with van der Waals surface area (Å²) in [5.74, 6) is 0. The number of rotatable bonds is 2. The van der Waals surface area contributed by atoms with E-state index in [2.05, 4.69) is 31.2 Å². The van der Waals surface area contributed by atoms with Gasteiger partial charge in [0.05, 0.1) is 0 Å². The topological polar surface area (TPSA) is 0 Å². The second-order valence-electron chi connectivity index (χ2n) is 2.09. The van der Waals surface area contributed by atoms with E-state index >= 15 is 0 Å². The zero-order valence-electron chi connectivity index (χ0n) is 6.59. The van der Waals surface area contributed by atoms with Gasteiger partial charge in [0.1, 0.15) is 0 Å². The van der Waals surface area contributed by atoms with Crippen LogP contribution in [0.25, 0.3) is 0 Å². The summed E-state index contributed by atoms with van der Waals surface area (Å²) < 4.78 is 0. The Morgan fingerprint density at radius 2 is 1.64 bits per heavy atom. The Balaban J connectivity index is 0. The van der Waals surface area contributed by atoms with Crippen molar-refractivity contribution in [2.75, 3.05) is 0 Å². The quantitative estimate of drug-likeness (QED) is 0.449. The third-order valence-corrected chi connectivity index (χ3v) is 1.31. The molecule has 1 aromatic rings. The molecule has 0 aromatic heterocycles. The van der Waals surface area contributed by atoms with E-state index in [1.165, 1.54) is 5.56 Å². The van der Waals surface area contributed by atoms with E-state index < -0.39 is 0 Å². The maximum atomic E-state index is 3.78. The fourth-order valence-electron chi connectivity index (χ4n) is 0.849. The van der Waals surface area contributed by atoms with Crippen molar-refractivity contribution in [1.29, 1.82) is 0 Å². The van der Waals surface area contributed by atoms with E-state index in [1.54, 1.807) is 0 Å². The number of hydrogen-bond acceptors (Lipinski definition) is 0. The van der Waals surface area contributed by atoms with Crippen molar-refractivity contribution in [2.24, 2.45) is 0 Å². The predicted molar refractivity (Wildman–Crippen MR) is 45.9 cm³/mol. The molecule has 1 rings (SSSR count). The minimum Gasteiger partial charge on any atom is -1.00 e. The van der Waals surface area contributed by atoms with Gasteiger partial charge in [-0.2, -0.15) is 6.42 Å². The average molecular weight is 223 g/mol. The van der Waals surface area contributed by atoms with Gasteiger partial charge in [0.2, 0.25) is 0 Å². The van der Waals surface area contributed by atoms with Crippen LogP contribution in [0.3, 0.4) is 0 Å². The molecule has 1 aromatic carbocycles. The summed E-state index contributed by atoms with van der Waals surface area (Å²) in [6.07, 6.45) is 2.09. The van der Waals surface area contributed by atoms with Crippen molar-refractivity contribution < 1.29 is 17.0 Å². The van der Waals surface area contributed by atoms with Crippen molar-refractivity contribution in [3.05, 3.63) is 42.8 Å². The smallest absolute Gasteiger partial charge is 1.00 e. The summed E-state index contributed by atoms with van der Waals surface area (Å²) >= 11 is 0. The van der Waals surface area contributed by atoms with Crippen LogP contribution >= 0.6 is 0 Å². The molecule has 0 nitrogen and oxygen atoms in total. The Labute approximate surface area is 95.3 Å². The van der Waals surface area contributed by atoms with Crippen LogP contribution in [-0.2, 0) is 6.42 Å². The summed E-state index contributed by atoms with van der Waals surface area (Å²) in [5, 5.41) is 0. The molecule has 2 heteroatoms. The Kier molecular flexibility index (Phi) is 10.9. The van der Waals surface area contributed by atoms with Crippen LogP contribution in [0.5, 0.6) is 0 Å². The van der Waals surface area contributed by atoms with Gasteiger partial charge < -0.3 is 23.9 Å². The van der Waals surface area contributed by atoms with Crippen LogP contribution in [0.1, 0.15) is 12.0 Å². The molecule has 0 radical (unpaired) electrons. The molecule has 0 unspecified atom stereocenters. The Morgan fingerprint density at radius 1 is 1.09 bits per heavy atom. The van der Waals surface area contributed by atoms with E-state index in [0.717, 1.165) is 12.8 Å². The summed E-state index contributed by atoms with van der Waals surface area (Å²) in [5.41, 5.74) is 1.38. The predicted octanol–water partition coefficient (Wildman–Crippen LogP) is -0.924. The van der Waals surface area contributed by atoms with Gasteiger partial charge in [-0.1, -0.05) is 42.3 Å². The molecule has 0 bridgehead atoms. The summed E-state index contributed by atoms with van der Waals surface area (Å²) in [4.78, 5) is 0. The number of benzene rings is 1. The molecule has 0 spiro atoms. The van der Waals surface area contributed by atoms with Gasteiger partial charge in [-0.05, 0) is 0 Å². The van der Waals surface area contributed by atoms with Gasteiger partial charge in [-0.15, -0.1) is 0 Å². The van der Waals surface area contributed by atoms with Gasteiger partial charge in [0.15, 0.2) is 0 Å². The molecule has 56 valence electrons. The van der Waals surface area contributed by atoms with Gasteiger partial charge in [-0.3, -0.25) is 0 Å². The largest absolute Gasteiger partial charge is 2.00 e. The molecule has 0 heterocycles. The van der Waals surface area contributed by atoms with E-state index in [1.807, 2.05) is 6.07 Å². The second-order valence-corrected chi connectivity index (χ2v) is 2.09. The molecular formula is C9H11BrMg. The molecule has 0 N–H and O–H groups in total. The van der Waals surface area contributed by atoms with Crippen LogP contribution < -0.4 is 17.0 Å². The summed E-state index contributed by atoms with van der Waals surface area (Å²) in [6.45, 7) is 3.78. The zero-order valence-corrected chi connectivity index (χ0v) is 9.59. The zero-order chi connectivity index (χ0) is 6.53. The Bertz CT molecular complexity index is 162. The fourth-order valence-corrected chi connectivity index (χ4v) is 0.849. The van der Waals surface area contributed by atoms with Crippen LogP contribution in [0.4, 0.5) is 0 Å². The normalized spacial score (nSPS) is 7.73. The minimum absolute atomic E-state index is 0. The van der Waals surface area contributed by atoms with Crippen molar-refractivity contribution in [2.45, 2.75) is 12.8 Å². The molecule has 0 amide bonds. The first kappa shape index (κ1) is 14.0. The number of aryl methyl sites for hydroxylation is 1. The summed E-state index contributed by atoms with van der Waals surface area (Å²) in [7, 11) is 0. The van der Waals surface area contributed by atoms with Crippen LogP contribution in [0.2, 0.25) is 0 Å². The Morgan fingerprint density at radius 3 is 2.09 bits per heavy atom.